The first kappa shape index (κ1) is 18.8. The van der Waals surface area contributed by atoms with Crippen LogP contribution in [0.1, 0.15) is 30.5 Å². The van der Waals surface area contributed by atoms with Crippen molar-refractivity contribution < 1.29 is 16.9 Å². The molecule has 0 aromatic heterocycles. The van der Waals surface area contributed by atoms with Crippen LogP contribution in [0.4, 0.5) is 0 Å². The molecule has 1 rings (SSSR count). The Balaban J connectivity index is 0.00000324. The summed E-state index contributed by atoms with van der Waals surface area (Å²) in [6, 6.07) is 6.52. The molecule has 0 saturated heterocycles. The van der Waals surface area contributed by atoms with Crippen LogP contribution in [-0.2, 0) is 6.54 Å². The number of nitrogens with zero attached hydrogens (tertiary/aromatic N) is 1. The Kier molecular flexibility index (Phi) is 8.03. The van der Waals surface area contributed by atoms with E-state index in [4.69, 9.17) is 6.42 Å². The molecule has 1 nitrogen and oxygen atoms in total. The maximum absolute atomic E-state index is 5.67. The molecular weight excluding hydrogens is 369 g/mol. The Bertz CT molecular complexity index is 426. The van der Waals surface area contributed by atoms with Crippen molar-refractivity contribution in [3.8, 4) is 12.3 Å². The highest BCUT2D eigenvalue weighted by molar-refractivity contribution is 14.1. The second-order valence-electron chi connectivity index (χ2n) is 4.88. The molecule has 19 heavy (non-hydrogen) atoms. The lowest BCUT2D eigenvalue weighted by Crippen LogP contribution is -3.00. The minimum absolute atomic E-state index is 0. The average Bonchev–Trinajstić information content (AvgIpc) is 2.38. The molecule has 0 aliphatic rings. The fraction of sp³-hybridized carbons (Fsp3) is 0.500. The van der Waals surface area contributed by atoms with Gasteiger partial charge in [-0.25, -0.2) is 0 Å². The zero-order valence-corrected chi connectivity index (χ0v) is 15.1. The fourth-order valence-electron chi connectivity index (χ4n) is 2.42. The highest BCUT2D eigenvalue weighted by Gasteiger charge is 2.31. The number of terminal acetylenes is 1. The van der Waals surface area contributed by atoms with Crippen molar-refractivity contribution in [2.45, 2.75) is 38.3 Å². The summed E-state index contributed by atoms with van der Waals surface area (Å²) in [6.07, 6.45) is 5.67. The molecule has 3 heteroatoms. The molecule has 0 aliphatic heterocycles. The number of rotatable bonds is 5. The number of hydrogen-bond acceptors (Lipinski definition) is 0. The van der Waals surface area contributed by atoms with Gasteiger partial charge in [-0.3, -0.25) is 4.48 Å². The van der Waals surface area contributed by atoms with Crippen molar-refractivity contribution in [3.63, 3.8) is 0 Å². The predicted molar refractivity (Wildman–Crippen MR) is 87.6 cm³/mol. The van der Waals surface area contributed by atoms with Crippen molar-refractivity contribution in [2.24, 2.45) is 0 Å². The number of aryl methyl sites for hydroxylation is 2. The smallest absolute Gasteiger partial charge is 0.200 e. The third-order valence-corrected chi connectivity index (χ3v) is 5.54. The van der Waals surface area contributed by atoms with Gasteiger partial charge in [0, 0.05) is 28.2 Å². The van der Waals surface area contributed by atoms with Crippen molar-refractivity contribution in [1.82, 2.24) is 0 Å². The second kappa shape index (κ2) is 8.14. The molecular formula is C16H23ClIN. The van der Waals surface area contributed by atoms with E-state index >= 15 is 0 Å². The van der Waals surface area contributed by atoms with Crippen molar-refractivity contribution >= 4 is 22.6 Å². The van der Waals surface area contributed by atoms with Gasteiger partial charge in [-0.2, -0.15) is 0 Å². The molecule has 0 bridgehead atoms. The Hall–Kier alpha value is -0.240. The van der Waals surface area contributed by atoms with E-state index in [1.165, 1.54) is 16.7 Å². The highest BCUT2D eigenvalue weighted by Crippen LogP contribution is 2.26. The largest absolute Gasteiger partial charge is 1.00 e. The van der Waals surface area contributed by atoms with Crippen LogP contribution >= 0.6 is 22.6 Å². The lowest BCUT2D eigenvalue weighted by molar-refractivity contribution is -0.936. The number of hydrogen-bond donors (Lipinski definition) is 0. The quantitative estimate of drug-likeness (QED) is 0.231. The predicted octanol–water partition coefficient (Wildman–Crippen LogP) is 1.06. The summed E-state index contributed by atoms with van der Waals surface area (Å²) in [5.74, 6) is 2.93. The van der Waals surface area contributed by atoms with E-state index < -0.39 is 0 Å². The lowest BCUT2D eigenvalue weighted by Gasteiger charge is -2.39. The van der Waals surface area contributed by atoms with Crippen LogP contribution in [0.25, 0.3) is 0 Å². The van der Waals surface area contributed by atoms with E-state index in [1.54, 1.807) is 0 Å². The zero-order valence-electron chi connectivity index (χ0n) is 12.2. The van der Waals surface area contributed by atoms with E-state index in [0.29, 0.717) is 0 Å². The fourth-order valence-corrected chi connectivity index (χ4v) is 3.40. The first-order valence-corrected chi connectivity index (χ1v) is 7.76. The van der Waals surface area contributed by atoms with Crippen LogP contribution in [0.15, 0.2) is 18.2 Å². The number of benzene rings is 1. The Morgan fingerprint density at radius 2 is 1.68 bits per heavy atom. The van der Waals surface area contributed by atoms with Gasteiger partial charge in [0.2, 0.25) is 4.05 Å². The summed E-state index contributed by atoms with van der Waals surface area (Å²) < 4.78 is 1.19. The molecule has 0 amide bonds. The molecule has 0 radical (unpaired) electrons. The van der Waals surface area contributed by atoms with Gasteiger partial charge < -0.3 is 12.4 Å². The standard InChI is InChI=1S/C16H23IN.ClH/c1-6-16(17)18(7-2,8-3)12-15-13(4)10-9-11-14(15)5;/h1,9-11,16H,7-8,12H2,2-5H3;1H/q+1;/p-1. The third kappa shape index (κ3) is 4.11. The van der Waals surface area contributed by atoms with Crippen LogP contribution in [0.2, 0.25) is 0 Å². The summed E-state index contributed by atoms with van der Waals surface area (Å²) in [5, 5.41) is 0. The van der Waals surface area contributed by atoms with Gasteiger partial charge >= 0.3 is 0 Å². The minimum Gasteiger partial charge on any atom is -1.00 e. The number of halogens is 2. The molecule has 1 atom stereocenters. The first-order valence-electron chi connectivity index (χ1n) is 6.51. The van der Waals surface area contributed by atoms with Crippen LogP contribution < -0.4 is 12.4 Å². The Morgan fingerprint density at radius 1 is 1.21 bits per heavy atom. The van der Waals surface area contributed by atoms with Gasteiger partial charge in [0.15, 0.2) is 0 Å². The van der Waals surface area contributed by atoms with Gasteiger partial charge in [-0.1, -0.05) is 18.2 Å². The van der Waals surface area contributed by atoms with Gasteiger partial charge in [-0.05, 0) is 44.7 Å². The highest BCUT2D eigenvalue weighted by atomic mass is 127. The lowest BCUT2D eigenvalue weighted by atomic mass is 10.0. The van der Waals surface area contributed by atoms with E-state index in [-0.39, 0.29) is 16.5 Å². The summed E-state index contributed by atoms with van der Waals surface area (Å²) >= 11 is 2.41. The van der Waals surface area contributed by atoms with E-state index in [9.17, 15) is 0 Å². The summed E-state index contributed by atoms with van der Waals surface area (Å²) in [4.78, 5) is 0. The second-order valence-corrected chi connectivity index (χ2v) is 6.06. The maximum Gasteiger partial charge on any atom is 0.200 e. The van der Waals surface area contributed by atoms with Gasteiger partial charge in [0.05, 0.1) is 13.1 Å². The Morgan fingerprint density at radius 3 is 2.05 bits per heavy atom. The number of quaternary nitrogens is 1. The maximum atomic E-state index is 5.67. The minimum atomic E-state index is 0. The zero-order chi connectivity index (χ0) is 13.8. The van der Waals surface area contributed by atoms with E-state index in [2.05, 4.69) is 74.4 Å². The van der Waals surface area contributed by atoms with Crippen LogP contribution in [0.3, 0.4) is 0 Å². The molecule has 0 saturated carbocycles. The van der Waals surface area contributed by atoms with Gasteiger partial charge in [0.25, 0.3) is 0 Å². The molecule has 0 heterocycles. The summed E-state index contributed by atoms with van der Waals surface area (Å²) in [6.45, 7) is 12.0. The summed E-state index contributed by atoms with van der Waals surface area (Å²) in [7, 11) is 0. The van der Waals surface area contributed by atoms with E-state index in [1.807, 2.05) is 0 Å². The molecule has 1 unspecified atom stereocenters. The molecule has 0 spiro atoms. The number of alkyl halides is 1. The van der Waals surface area contributed by atoms with Gasteiger partial charge in [-0.15, -0.1) is 6.42 Å². The van der Waals surface area contributed by atoms with Crippen molar-refractivity contribution in [1.29, 1.82) is 0 Å². The van der Waals surface area contributed by atoms with Crippen LogP contribution in [0.5, 0.6) is 0 Å². The Labute approximate surface area is 137 Å². The average molecular weight is 392 g/mol. The third-order valence-electron chi connectivity index (χ3n) is 4.00. The molecule has 0 aliphatic carbocycles. The van der Waals surface area contributed by atoms with Crippen molar-refractivity contribution in [3.05, 3.63) is 34.9 Å². The van der Waals surface area contributed by atoms with Gasteiger partial charge in [0.1, 0.15) is 6.54 Å². The van der Waals surface area contributed by atoms with E-state index in [0.717, 1.165) is 24.1 Å². The first-order chi connectivity index (χ1) is 8.50. The van der Waals surface area contributed by atoms with Crippen molar-refractivity contribution in [2.75, 3.05) is 13.1 Å². The molecule has 0 fully saturated rings. The molecule has 106 valence electrons. The SMILES string of the molecule is C#CC(I)[N+](CC)(CC)Cc1c(C)cccc1C.[Cl-]. The molecule has 1 aromatic rings. The normalized spacial score (nSPS) is 12.4. The molecule has 0 N–H and O–H groups in total. The molecule has 1 aromatic carbocycles. The van der Waals surface area contributed by atoms with Crippen LogP contribution in [-0.4, -0.2) is 21.6 Å². The summed E-state index contributed by atoms with van der Waals surface area (Å²) in [5.41, 5.74) is 4.21. The topological polar surface area (TPSA) is 0 Å². The van der Waals surface area contributed by atoms with Crippen LogP contribution in [0, 0.1) is 26.2 Å². The monoisotopic (exact) mass is 391 g/mol.